The molecule has 6 rings (SSSR count). The van der Waals surface area contributed by atoms with Crippen LogP contribution in [0.2, 0.25) is 0 Å². The van der Waals surface area contributed by atoms with Crippen LogP contribution in [-0.4, -0.2) is 46.6 Å². The van der Waals surface area contributed by atoms with Crippen molar-refractivity contribution in [1.29, 1.82) is 0 Å². The highest BCUT2D eigenvalue weighted by Gasteiger charge is 2.27. The molecule has 0 bridgehead atoms. The third-order valence-corrected chi connectivity index (χ3v) is 15.0. The Balaban J connectivity index is 1.22. The van der Waals surface area contributed by atoms with Crippen molar-refractivity contribution >= 4 is 42.7 Å². The van der Waals surface area contributed by atoms with E-state index in [1.807, 2.05) is 24.2 Å². The van der Waals surface area contributed by atoms with Crippen LogP contribution in [0.3, 0.4) is 0 Å². The van der Waals surface area contributed by atoms with E-state index in [0.717, 1.165) is 71.0 Å². The van der Waals surface area contributed by atoms with Crippen molar-refractivity contribution in [2.45, 2.75) is 121 Å². The molecule has 0 heterocycles. The molecule has 2 unspecified atom stereocenters. The summed E-state index contributed by atoms with van der Waals surface area (Å²) in [6, 6.07) is 39.2. The Labute approximate surface area is 354 Å². The lowest BCUT2D eigenvalue weighted by Crippen LogP contribution is -2.27. The van der Waals surface area contributed by atoms with E-state index in [1.165, 1.54) is 21.1 Å². The van der Waals surface area contributed by atoms with Crippen LogP contribution in [0.1, 0.15) is 116 Å². The van der Waals surface area contributed by atoms with Crippen LogP contribution < -0.4 is 10.6 Å². The molecule has 1 aliphatic carbocycles. The van der Waals surface area contributed by atoms with E-state index in [4.69, 9.17) is 9.98 Å². The first-order valence-corrected chi connectivity index (χ1v) is 23.4. The molecule has 1 saturated carbocycles. The van der Waals surface area contributed by atoms with E-state index in [1.54, 1.807) is 0 Å². The topological polar surface area (TPSA) is 65.2 Å². The first-order valence-electron chi connectivity index (χ1n) is 20.9. The van der Waals surface area contributed by atoms with Gasteiger partial charge in [0.15, 0.2) is 0 Å². The number of thioether (sulfide) groups is 1. The molecule has 1 fully saturated rings. The Bertz CT molecular complexity index is 2150. The summed E-state index contributed by atoms with van der Waals surface area (Å²) < 4.78 is 0. The molecule has 304 valence electrons. The molecule has 0 aromatic heterocycles. The van der Waals surface area contributed by atoms with Gasteiger partial charge in [-0.25, -0.2) is 0 Å². The molecule has 5 aromatic rings. The van der Waals surface area contributed by atoms with Crippen molar-refractivity contribution in [2.75, 3.05) is 11.9 Å². The summed E-state index contributed by atoms with van der Waals surface area (Å²) in [4.78, 5) is 11.5. The predicted molar refractivity (Wildman–Crippen MR) is 254 cm³/mol. The SMILES string of the molecule is CC(C)(C)c1cc(C=NC2CCCCC2N=Cc2cc(-c3ccc(SCCP(c4ccccc4)c4ccccc4)cc3)cc(C(C)(C)C)c2O)c(O)c(C(C)(C)C)c1. The van der Waals surface area contributed by atoms with E-state index >= 15 is 0 Å². The van der Waals surface area contributed by atoms with E-state index in [-0.39, 0.29) is 34.1 Å². The van der Waals surface area contributed by atoms with Crippen LogP contribution in [0, 0.1) is 0 Å². The number of aliphatic imine (C=N–C) groups is 2. The summed E-state index contributed by atoms with van der Waals surface area (Å²) >= 11 is 1.92. The van der Waals surface area contributed by atoms with Crippen molar-refractivity contribution in [3.8, 4) is 22.6 Å². The van der Waals surface area contributed by atoms with Crippen LogP contribution in [-0.2, 0) is 16.2 Å². The van der Waals surface area contributed by atoms with Gasteiger partial charge >= 0.3 is 0 Å². The maximum Gasteiger partial charge on any atom is 0.128 e. The summed E-state index contributed by atoms with van der Waals surface area (Å²) in [5.74, 6) is 1.64. The van der Waals surface area contributed by atoms with E-state index in [9.17, 15) is 10.2 Å². The number of hydrogen-bond donors (Lipinski definition) is 2. The fourth-order valence-electron chi connectivity index (χ4n) is 7.67. The van der Waals surface area contributed by atoms with Gasteiger partial charge in [-0.05, 0) is 101 Å². The number of phenolic OH excluding ortho intramolecular Hbond substituents is 2. The van der Waals surface area contributed by atoms with Gasteiger partial charge in [-0.3, -0.25) is 9.98 Å². The molecule has 5 aromatic carbocycles. The minimum atomic E-state index is -0.423. The van der Waals surface area contributed by atoms with Crippen molar-refractivity contribution in [2.24, 2.45) is 9.98 Å². The summed E-state index contributed by atoms with van der Waals surface area (Å²) in [6.07, 6.45) is 8.93. The summed E-state index contributed by atoms with van der Waals surface area (Å²) in [6.45, 7) is 19.5. The van der Waals surface area contributed by atoms with Crippen LogP contribution in [0.15, 0.2) is 124 Å². The smallest absolute Gasteiger partial charge is 0.128 e. The number of phenols is 2. The predicted octanol–water partition coefficient (Wildman–Crippen LogP) is 12.7. The molecule has 0 saturated heterocycles. The highest BCUT2D eigenvalue weighted by molar-refractivity contribution is 7.99. The van der Waals surface area contributed by atoms with Gasteiger partial charge in [0.2, 0.25) is 0 Å². The zero-order chi connectivity index (χ0) is 41.7. The molecular weight excluding hydrogens is 748 g/mol. The standard InChI is InChI=1S/C52H63N2O2PS/c1-50(2,3)40-31-39(49(56)45(33-40)52(7,8)9)35-54-47-23-17-16-22-46(47)53-34-38-30-37(32-44(48(38)55)51(4,5)6)36-24-26-43(27-25-36)58-29-28-57(41-18-12-10-13-19-41)42-20-14-11-15-21-42/h10-15,18-21,24-27,30-35,46-47,55-56H,16-17,22-23,28-29H2,1-9H3. The largest absolute Gasteiger partial charge is 0.507 e. The van der Waals surface area contributed by atoms with Gasteiger partial charge in [0.25, 0.3) is 0 Å². The lowest BCUT2D eigenvalue weighted by molar-refractivity contribution is 0.390. The normalized spacial score (nSPS) is 16.8. The minimum absolute atomic E-state index is 0.00449. The molecule has 1 aliphatic rings. The Morgan fingerprint density at radius 3 is 1.55 bits per heavy atom. The lowest BCUT2D eigenvalue weighted by atomic mass is 9.79. The number of hydrogen-bond acceptors (Lipinski definition) is 5. The molecule has 0 amide bonds. The summed E-state index contributed by atoms with van der Waals surface area (Å²) in [5, 5.41) is 25.9. The van der Waals surface area contributed by atoms with Gasteiger partial charge in [-0.1, -0.05) is 154 Å². The van der Waals surface area contributed by atoms with Crippen LogP contribution in [0.25, 0.3) is 11.1 Å². The zero-order valence-electron chi connectivity index (χ0n) is 36.1. The number of benzene rings is 5. The van der Waals surface area contributed by atoms with Crippen molar-refractivity contribution in [3.63, 3.8) is 0 Å². The fourth-order valence-corrected chi connectivity index (χ4v) is 11.2. The number of rotatable bonds is 11. The Morgan fingerprint density at radius 2 is 1.07 bits per heavy atom. The first-order chi connectivity index (χ1) is 27.5. The number of aromatic hydroxyl groups is 2. The van der Waals surface area contributed by atoms with Crippen molar-refractivity contribution < 1.29 is 10.2 Å². The molecule has 6 heteroatoms. The molecule has 4 nitrogen and oxygen atoms in total. The fraction of sp³-hybridized carbons (Fsp3) is 0.385. The van der Waals surface area contributed by atoms with Gasteiger partial charge in [0.1, 0.15) is 11.5 Å². The van der Waals surface area contributed by atoms with Gasteiger partial charge < -0.3 is 10.2 Å². The van der Waals surface area contributed by atoms with Gasteiger partial charge in [-0.15, -0.1) is 11.8 Å². The monoisotopic (exact) mass is 810 g/mol. The average Bonchev–Trinajstić information content (AvgIpc) is 3.18. The maximum absolute atomic E-state index is 11.7. The van der Waals surface area contributed by atoms with Gasteiger partial charge in [-0.2, -0.15) is 0 Å². The van der Waals surface area contributed by atoms with Gasteiger partial charge in [0, 0.05) is 45.3 Å². The second-order valence-corrected chi connectivity index (χ2v) is 22.3. The molecule has 0 spiro atoms. The summed E-state index contributed by atoms with van der Waals surface area (Å²) in [7, 11) is -0.423. The van der Waals surface area contributed by atoms with E-state index < -0.39 is 7.92 Å². The second kappa shape index (κ2) is 18.4. The molecule has 0 aliphatic heterocycles. The molecule has 0 radical (unpaired) electrons. The second-order valence-electron chi connectivity index (χ2n) is 18.8. The Hall–Kier alpha value is -4.18. The third kappa shape index (κ3) is 10.9. The summed E-state index contributed by atoms with van der Waals surface area (Å²) in [5.41, 5.74) is 6.18. The zero-order valence-corrected chi connectivity index (χ0v) is 37.8. The molecule has 2 N–H and O–H groups in total. The highest BCUT2D eigenvalue weighted by Crippen LogP contribution is 2.40. The van der Waals surface area contributed by atoms with Crippen molar-refractivity contribution in [3.05, 3.63) is 137 Å². The Kier molecular flexibility index (Phi) is 13.8. The molecule has 58 heavy (non-hydrogen) atoms. The quantitative estimate of drug-likeness (QED) is 0.0793. The van der Waals surface area contributed by atoms with E-state index in [0.29, 0.717) is 5.75 Å². The average molecular weight is 811 g/mol. The first kappa shape index (κ1) is 43.4. The maximum atomic E-state index is 11.7. The minimum Gasteiger partial charge on any atom is -0.507 e. The van der Waals surface area contributed by atoms with Gasteiger partial charge in [0.05, 0.1) is 12.1 Å². The molecule has 2 atom stereocenters. The third-order valence-electron chi connectivity index (χ3n) is 11.2. The Morgan fingerprint density at radius 1 is 0.586 bits per heavy atom. The van der Waals surface area contributed by atoms with Crippen LogP contribution >= 0.6 is 19.7 Å². The van der Waals surface area contributed by atoms with Crippen molar-refractivity contribution in [1.82, 2.24) is 0 Å². The molecular formula is C52H63N2O2PS. The lowest BCUT2D eigenvalue weighted by Gasteiger charge is -2.28. The number of nitrogens with zero attached hydrogens (tertiary/aromatic N) is 2. The van der Waals surface area contributed by atoms with Crippen LogP contribution in [0.5, 0.6) is 11.5 Å². The highest BCUT2D eigenvalue weighted by atomic mass is 32.2. The van der Waals surface area contributed by atoms with Crippen LogP contribution in [0.4, 0.5) is 0 Å². The van der Waals surface area contributed by atoms with E-state index in [2.05, 4.69) is 172 Å².